The van der Waals surface area contributed by atoms with E-state index >= 15 is 0 Å². The first kappa shape index (κ1) is 14.1. The van der Waals surface area contributed by atoms with Crippen LogP contribution in [0.15, 0.2) is 17.3 Å². The van der Waals surface area contributed by atoms with Crippen molar-refractivity contribution < 1.29 is 19.5 Å². The molecule has 1 rings (SSSR count). The lowest BCUT2D eigenvalue weighted by Gasteiger charge is -2.17. The van der Waals surface area contributed by atoms with E-state index < -0.39 is 11.7 Å². The van der Waals surface area contributed by atoms with Gasteiger partial charge in [-0.25, -0.2) is 4.79 Å². The third-order valence-electron chi connectivity index (χ3n) is 2.02. The Labute approximate surface area is 105 Å². The van der Waals surface area contributed by atoms with E-state index in [1.54, 1.807) is 27.7 Å². The van der Waals surface area contributed by atoms with Crippen LogP contribution in [0.1, 0.15) is 26.5 Å². The standard InChI is InChI=1S/C12H18N2O4/c1-8-6-9(10(17-5)7-14(8)16)13-11(15)18-12(2,3)4/h6-7,16H,1-5H3. The highest BCUT2D eigenvalue weighted by atomic mass is 16.6. The number of hydrogen-bond acceptors (Lipinski definition) is 4. The lowest BCUT2D eigenvalue weighted by atomic mass is 10.2. The van der Waals surface area contributed by atoms with Crippen LogP contribution in [-0.2, 0) is 4.74 Å². The molecule has 100 valence electrons. The molecule has 0 radical (unpaired) electrons. The van der Waals surface area contributed by atoms with Gasteiger partial charge in [0.15, 0.2) is 5.75 Å². The first-order chi connectivity index (χ1) is 8.23. The number of pyridine rings is 1. The zero-order valence-corrected chi connectivity index (χ0v) is 11.2. The Hall–Kier alpha value is -1.98. The Kier molecular flexibility index (Phi) is 4.00. The van der Waals surface area contributed by atoms with Gasteiger partial charge < -0.3 is 14.7 Å². The average Bonchev–Trinajstić information content (AvgIpc) is 2.20. The van der Waals surface area contributed by atoms with Gasteiger partial charge in [0, 0.05) is 0 Å². The minimum absolute atomic E-state index is 0.286. The van der Waals surface area contributed by atoms with E-state index in [4.69, 9.17) is 9.47 Å². The summed E-state index contributed by atoms with van der Waals surface area (Å²) in [5.74, 6) is 0.286. The molecule has 0 aliphatic rings. The maximum atomic E-state index is 11.6. The van der Waals surface area contributed by atoms with Crippen molar-refractivity contribution in [1.82, 2.24) is 4.73 Å². The third kappa shape index (κ3) is 3.80. The van der Waals surface area contributed by atoms with E-state index in [9.17, 15) is 10.0 Å². The number of aromatic nitrogens is 1. The van der Waals surface area contributed by atoms with Gasteiger partial charge in [-0.05, 0) is 33.8 Å². The molecule has 1 amide bonds. The number of nitrogens with zero attached hydrogens (tertiary/aromatic N) is 2. The van der Waals surface area contributed by atoms with Crippen LogP contribution in [0.25, 0.3) is 0 Å². The Morgan fingerprint density at radius 2 is 2.06 bits per heavy atom. The fourth-order valence-electron chi connectivity index (χ4n) is 1.24. The number of rotatable bonds is 1. The monoisotopic (exact) mass is 254 g/mol. The van der Waals surface area contributed by atoms with Gasteiger partial charge in [-0.15, -0.1) is 0 Å². The minimum atomic E-state index is -0.698. The summed E-state index contributed by atoms with van der Waals surface area (Å²) in [5, 5.41) is 9.77. The normalized spacial score (nSPS) is 12.4. The Morgan fingerprint density at radius 1 is 1.44 bits per heavy atom. The number of aryl methyl sites for hydroxylation is 1. The molecule has 6 nitrogen and oxygen atoms in total. The first-order valence-corrected chi connectivity index (χ1v) is 5.47. The summed E-state index contributed by atoms with van der Waals surface area (Å²) in [7, 11) is 1.43. The molecule has 0 aromatic carbocycles. The van der Waals surface area contributed by atoms with Crippen molar-refractivity contribution in [3.63, 3.8) is 0 Å². The topological polar surface area (TPSA) is 73.0 Å². The van der Waals surface area contributed by atoms with Crippen LogP contribution in [-0.4, -0.2) is 28.7 Å². The maximum Gasteiger partial charge on any atom is 0.434 e. The summed E-state index contributed by atoms with van der Waals surface area (Å²) in [6.45, 7) is 6.95. The molecule has 0 fully saturated rings. The average molecular weight is 254 g/mol. The second-order valence-corrected chi connectivity index (χ2v) is 4.81. The molecule has 1 N–H and O–H groups in total. The van der Waals surface area contributed by atoms with E-state index in [0.717, 1.165) is 4.73 Å². The zero-order chi connectivity index (χ0) is 13.9. The van der Waals surface area contributed by atoms with Crippen molar-refractivity contribution in [2.45, 2.75) is 33.3 Å². The first-order valence-electron chi connectivity index (χ1n) is 5.47. The summed E-state index contributed by atoms with van der Waals surface area (Å²) < 4.78 is 11.0. The Balaban J connectivity index is 3.16. The van der Waals surface area contributed by atoms with Gasteiger partial charge in [0.25, 0.3) is 0 Å². The van der Waals surface area contributed by atoms with E-state index in [-0.39, 0.29) is 5.75 Å². The highest BCUT2D eigenvalue weighted by Crippen LogP contribution is 2.09. The second-order valence-electron chi connectivity index (χ2n) is 4.81. The van der Waals surface area contributed by atoms with Crippen molar-refractivity contribution in [1.29, 1.82) is 0 Å². The van der Waals surface area contributed by atoms with E-state index in [0.29, 0.717) is 11.1 Å². The van der Waals surface area contributed by atoms with Crippen LogP contribution in [0, 0.1) is 6.92 Å². The predicted molar refractivity (Wildman–Crippen MR) is 64.7 cm³/mol. The summed E-state index contributed by atoms with van der Waals surface area (Å²) >= 11 is 0. The van der Waals surface area contributed by atoms with Gasteiger partial charge in [-0.3, -0.25) is 0 Å². The van der Waals surface area contributed by atoms with Crippen molar-refractivity contribution in [2.24, 2.45) is 4.99 Å². The van der Waals surface area contributed by atoms with Crippen molar-refractivity contribution in [2.75, 3.05) is 7.11 Å². The number of carbonyl (C=O) groups excluding carboxylic acids is 1. The van der Waals surface area contributed by atoms with Crippen LogP contribution in [0.4, 0.5) is 4.79 Å². The minimum Gasteiger partial charge on any atom is -0.493 e. The lowest BCUT2D eigenvalue weighted by molar-refractivity contribution is 0.0596. The molecule has 0 saturated heterocycles. The summed E-state index contributed by atoms with van der Waals surface area (Å²) in [6.07, 6.45) is 0.634. The zero-order valence-electron chi connectivity index (χ0n) is 11.2. The molecule has 0 aliphatic carbocycles. The SMILES string of the molecule is COc1cn(O)c(C)cc1=NC(=O)OC(C)(C)C. The van der Waals surface area contributed by atoms with Crippen molar-refractivity contribution in [3.8, 4) is 5.75 Å². The van der Waals surface area contributed by atoms with Gasteiger partial charge in [0.2, 0.25) is 0 Å². The van der Waals surface area contributed by atoms with Gasteiger partial charge in [-0.1, -0.05) is 0 Å². The van der Waals surface area contributed by atoms with Crippen LogP contribution in [0.5, 0.6) is 5.75 Å². The molecular weight excluding hydrogens is 236 g/mol. The summed E-state index contributed by atoms with van der Waals surface area (Å²) in [4.78, 5) is 15.4. The van der Waals surface area contributed by atoms with Gasteiger partial charge >= 0.3 is 6.09 Å². The molecule has 0 saturated carbocycles. The number of hydrogen-bond donors (Lipinski definition) is 1. The maximum absolute atomic E-state index is 11.6. The molecule has 0 bridgehead atoms. The van der Waals surface area contributed by atoms with Crippen LogP contribution < -0.4 is 10.1 Å². The van der Waals surface area contributed by atoms with Gasteiger partial charge in [0.1, 0.15) is 11.0 Å². The van der Waals surface area contributed by atoms with Crippen molar-refractivity contribution in [3.05, 3.63) is 23.3 Å². The van der Waals surface area contributed by atoms with Crippen molar-refractivity contribution >= 4 is 6.09 Å². The number of amides is 1. The van der Waals surface area contributed by atoms with E-state index in [1.807, 2.05) is 0 Å². The van der Waals surface area contributed by atoms with E-state index in [1.165, 1.54) is 19.4 Å². The summed E-state index contributed by atoms with van der Waals surface area (Å²) in [6, 6.07) is 1.53. The molecular formula is C12H18N2O4. The summed E-state index contributed by atoms with van der Waals surface area (Å²) in [5.41, 5.74) is -0.0766. The smallest absolute Gasteiger partial charge is 0.434 e. The quantitative estimate of drug-likeness (QED) is 0.776. The highest BCUT2D eigenvalue weighted by molar-refractivity contribution is 5.69. The molecule has 0 atom stereocenters. The highest BCUT2D eigenvalue weighted by Gasteiger charge is 2.15. The van der Waals surface area contributed by atoms with Gasteiger partial charge in [-0.2, -0.15) is 9.72 Å². The lowest BCUT2D eigenvalue weighted by Crippen LogP contribution is -2.24. The molecule has 0 aliphatic heterocycles. The largest absolute Gasteiger partial charge is 0.493 e. The number of ether oxygens (including phenoxy) is 2. The molecule has 1 heterocycles. The third-order valence-corrected chi connectivity index (χ3v) is 2.02. The molecule has 1 aromatic rings. The predicted octanol–water partition coefficient (Wildman–Crippen LogP) is 1.88. The molecule has 18 heavy (non-hydrogen) atoms. The second kappa shape index (κ2) is 5.12. The fraction of sp³-hybridized carbons (Fsp3) is 0.500. The Morgan fingerprint density at radius 3 is 2.56 bits per heavy atom. The van der Waals surface area contributed by atoms with Crippen LogP contribution in [0.2, 0.25) is 0 Å². The van der Waals surface area contributed by atoms with Crippen LogP contribution in [0.3, 0.4) is 0 Å². The number of carbonyl (C=O) groups is 1. The molecule has 1 aromatic heterocycles. The number of methoxy groups -OCH3 is 1. The van der Waals surface area contributed by atoms with Crippen LogP contribution >= 0.6 is 0 Å². The fourth-order valence-corrected chi connectivity index (χ4v) is 1.24. The molecule has 0 spiro atoms. The Bertz CT molecular complexity index is 512. The molecule has 6 heteroatoms. The molecule has 0 unspecified atom stereocenters. The van der Waals surface area contributed by atoms with E-state index in [2.05, 4.69) is 4.99 Å². The van der Waals surface area contributed by atoms with Gasteiger partial charge in [0.05, 0.1) is 19.0 Å².